The topological polar surface area (TPSA) is 29.4 Å². The van der Waals surface area contributed by atoms with Crippen LogP contribution >= 0.6 is 0 Å². The van der Waals surface area contributed by atoms with Crippen molar-refractivity contribution in [2.24, 2.45) is 10.9 Å². The molecule has 2 aromatic rings. The van der Waals surface area contributed by atoms with Crippen molar-refractivity contribution in [2.45, 2.75) is 38.0 Å². The molecule has 122 valence electrons. The van der Waals surface area contributed by atoms with E-state index in [-0.39, 0.29) is 11.7 Å². The predicted molar refractivity (Wildman–Crippen MR) is 91.4 cm³/mol. The lowest BCUT2D eigenvalue weighted by molar-refractivity contribution is -0.112. The largest absolute Gasteiger partial charge is 0.274 e. The predicted octanol–water partition coefficient (Wildman–Crippen LogP) is 3.50. The average molecular weight is 321 g/mol. The molecule has 0 N–H and O–H groups in total. The first kappa shape index (κ1) is 15.3. The number of hydrogen-bond acceptors (Lipinski definition) is 1. The van der Waals surface area contributed by atoms with E-state index in [1.165, 1.54) is 17.7 Å². The third-order valence-corrected chi connectivity index (χ3v) is 5.37. The highest BCUT2D eigenvalue weighted by atomic mass is 19.1. The van der Waals surface area contributed by atoms with E-state index in [0.717, 1.165) is 32.1 Å². The van der Waals surface area contributed by atoms with Crippen LogP contribution in [0.4, 0.5) is 4.39 Å². The van der Waals surface area contributed by atoms with E-state index < -0.39 is 0 Å². The van der Waals surface area contributed by atoms with Gasteiger partial charge in [0, 0.05) is 10.8 Å². The van der Waals surface area contributed by atoms with E-state index >= 15 is 0 Å². The Balaban J connectivity index is 1.49. The van der Waals surface area contributed by atoms with E-state index in [1.54, 1.807) is 6.07 Å². The number of halogens is 1. The van der Waals surface area contributed by atoms with E-state index in [1.807, 2.05) is 0 Å². The summed E-state index contributed by atoms with van der Waals surface area (Å²) in [5.74, 6) is 0.638. The lowest BCUT2D eigenvalue weighted by Crippen LogP contribution is -2.24. The van der Waals surface area contributed by atoms with Crippen LogP contribution in [0, 0.1) is 11.7 Å². The van der Waals surface area contributed by atoms with Crippen molar-refractivity contribution in [3.63, 3.8) is 0 Å². The van der Waals surface area contributed by atoms with Gasteiger partial charge in [-0.05, 0) is 67.7 Å². The molecule has 24 heavy (non-hydrogen) atoms. The quantitative estimate of drug-likeness (QED) is 0.851. The smallest absolute Gasteiger partial charge is 0.267 e. The molecule has 0 saturated heterocycles. The van der Waals surface area contributed by atoms with Gasteiger partial charge in [-0.15, -0.1) is 0 Å². The van der Waals surface area contributed by atoms with Crippen LogP contribution in [-0.4, -0.2) is 5.91 Å². The highest BCUT2D eigenvalue weighted by molar-refractivity contribution is 6.15. The van der Waals surface area contributed by atoms with Crippen LogP contribution in [0.15, 0.2) is 53.5 Å². The Morgan fingerprint density at radius 3 is 2.50 bits per heavy atom. The second-order valence-corrected chi connectivity index (χ2v) is 6.89. The monoisotopic (exact) mass is 321 g/mol. The number of hydrogen-bond donors (Lipinski definition) is 0. The molecule has 2 nitrogen and oxygen atoms in total. The summed E-state index contributed by atoms with van der Waals surface area (Å²) in [6.45, 7) is 0. The Bertz CT molecular complexity index is 880. The molecule has 2 aliphatic rings. The van der Waals surface area contributed by atoms with Crippen LogP contribution in [0.2, 0.25) is 0 Å². The fourth-order valence-electron chi connectivity index (χ4n) is 4.05. The van der Waals surface area contributed by atoms with Crippen LogP contribution in [0.5, 0.6) is 0 Å². The summed E-state index contributed by atoms with van der Waals surface area (Å²) in [7, 11) is 0. The van der Waals surface area contributed by atoms with Crippen LogP contribution in [0.3, 0.4) is 0 Å². The minimum Gasteiger partial charge on any atom is -0.267 e. The van der Waals surface area contributed by atoms with Crippen molar-refractivity contribution in [3.05, 3.63) is 70.5 Å². The number of benzene rings is 2. The van der Waals surface area contributed by atoms with Crippen LogP contribution in [-0.2, 0) is 4.79 Å². The minimum absolute atomic E-state index is 0.180. The molecular weight excluding hydrogens is 301 g/mol. The standard InChI is InChI=1S/C21H20FNO/c22-17-10-11-20-18(13-17)19(21(24)23-20)12-14-6-8-16(9-7-14)15-4-2-1-3-5-15/h1-5,10-11,13-14,16H,6-9,12H2. The number of fused-ring (bicyclic) bond motifs is 1. The second-order valence-electron chi connectivity index (χ2n) is 6.89. The zero-order valence-electron chi connectivity index (χ0n) is 13.5. The Kier molecular flexibility index (Phi) is 4.01. The summed E-state index contributed by atoms with van der Waals surface area (Å²) >= 11 is 0. The maximum atomic E-state index is 13.5. The lowest BCUT2D eigenvalue weighted by Gasteiger charge is -2.28. The van der Waals surface area contributed by atoms with E-state index in [4.69, 9.17) is 0 Å². The molecule has 0 radical (unpaired) electrons. The molecule has 4 rings (SSSR count). The van der Waals surface area contributed by atoms with Gasteiger partial charge in [0.25, 0.3) is 5.91 Å². The van der Waals surface area contributed by atoms with Gasteiger partial charge in [0.2, 0.25) is 0 Å². The Morgan fingerprint density at radius 1 is 1.00 bits per heavy atom. The lowest BCUT2D eigenvalue weighted by atomic mass is 9.76. The highest BCUT2D eigenvalue weighted by Crippen LogP contribution is 2.38. The Labute approximate surface area is 140 Å². The molecule has 2 aromatic carbocycles. The fourth-order valence-corrected chi connectivity index (χ4v) is 4.05. The second kappa shape index (κ2) is 6.31. The first-order chi connectivity index (χ1) is 11.7. The Morgan fingerprint density at radius 2 is 1.75 bits per heavy atom. The van der Waals surface area contributed by atoms with Gasteiger partial charge in [-0.2, -0.15) is 0 Å². The number of amides is 1. The van der Waals surface area contributed by atoms with Crippen molar-refractivity contribution in [1.82, 2.24) is 0 Å². The molecule has 3 heteroatoms. The summed E-state index contributed by atoms with van der Waals surface area (Å²) in [5.41, 5.74) is 2.12. The third kappa shape index (κ3) is 2.91. The van der Waals surface area contributed by atoms with Crippen molar-refractivity contribution >= 4 is 11.5 Å². The molecule has 0 aromatic heterocycles. The molecule has 1 fully saturated rings. The third-order valence-electron chi connectivity index (χ3n) is 5.37. The maximum absolute atomic E-state index is 13.5. The van der Waals surface area contributed by atoms with Gasteiger partial charge in [-0.3, -0.25) is 4.79 Å². The van der Waals surface area contributed by atoms with Crippen molar-refractivity contribution in [3.8, 4) is 0 Å². The molecule has 1 aliphatic carbocycles. The van der Waals surface area contributed by atoms with Crippen molar-refractivity contribution in [2.75, 3.05) is 0 Å². The minimum atomic E-state index is -0.302. The summed E-state index contributed by atoms with van der Waals surface area (Å²) in [5, 5.41) is 1.32. The molecule has 0 bridgehead atoms. The number of carbonyl (C=O) groups excluding carboxylic acids is 1. The Hall–Kier alpha value is -2.29. The first-order valence-corrected chi connectivity index (χ1v) is 8.67. The average Bonchev–Trinajstić information content (AvgIpc) is 2.92. The van der Waals surface area contributed by atoms with Crippen LogP contribution in [0.1, 0.15) is 43.6 Å². The number of carbonyl (C=O) groups is 1. The van der Waals surface area contributed by atoms with Crippen LogP contribution < -0.4 is 10.6 Å². The van der Waals surface area contributed by atoms with Gasteiger partial charge < -0.3 is 0 Å². The zero-order chi connectivity index (χ0) is 16.5. The fraction of sp³-hybridized carbons (Fsp3) is 0.333. The molecular formula is C21H20FNO. The summed E-state index contributed by atoms with van der Waals surface area (Å²) in [4.78, 5) is 16.2. The molecule has 0 unspecified atom stereocenters. The SMILES string of the molecule is O=C1N=c2ccc(F)cc2=C1CC1CCC(c2ccccc2)CC1. The van der Waals surface area contributed by atoms with Crippen molar-refractivity contribution < 1.29 is 9.18 Å². The molecule has 0 spiro atoms. The molecule has 1 saturated carbocycles. The molecule has 0 atom stereocenters. The summed E-state index contributed by atoms with van der Waals surface area (Å²) in [6, 6.07) is 15.1. The van der Waals surface area contributed by atoms with Gasteiger partial charge in [-0.25, -0.2) is 9.38 Å². The molecule has 1 amide bonds. The van der Waals surface area contributed by atoms with Gasteiger partial charge in [0.1, 0.15) is 5.82 Å². The highest BCUT2D eigenvalue weighted by Gasteiger charge is 2.26. The van der Waals surface area contributed by atoms with Gasteiger partial charge in [-0.1, -0.05) is 30.3 Å². The van der Waals surface area contributed by atoms with E-state index in [2.05, 4.69) is 35.3 Å². The van der Waals surface area contributed by atoms with Crippen LogP contribution in [0.25, 0.3) is 5.57 Å². The van der Waals surface area contributed by atoms with Crippen molar-refractivity contribution in [1.29, 1.82) is 0 Å². The van der Waals surface area contributed by atoms with E-state index in [9.17, 15) is 9.18 Å². The summed E-state index contributed by atoms with van der Waals surface area (Å²) in [6.07, 6.45) is 5.26. The molecule has 1 heterocycles. The first-order valence-electron chi connectivity index (χ1n) is 8.67. The molecule has 1 aliphatic heterocycles. The number of nitrogens with zero attached hydrogens (tertiary/aromatic N) is 1. The number of rotatable bonds is 3. The van der Waals surface area contributed by atoms with Gasteiger partial charge >= 0.3 is 0 Å². The van der Waals surface area contributed by atoms with Gasteiger partial charge in [0.15, 0.2) is 0 Å². The zero-order valence-corrected chi connectivity index (χ0v) is 13.5. The summed E-state index contributed by atoms with van der Waals surface area (Å²) < 4.78 is 13.5. The van der Waals surface area contributed by atoms with Gasteiger partial charge in [0.05, 0.1) is 5.36 Å². The maximum Gasteiger partial charge on any atom is 0.274 e. The normalized spacial score (nSPS) is 23.0. The van der Waals surface area contributed by atoms with E-state index in [0.29, 0.717) is 28.0 Å².